The first kappa shape index (κ1) is 14.6. The fraction of sp³-hybridized carbons (Fsp3) is 0.333. The lowest BCUT2D eigenvalue weighted by Crippen LogP contribution is -2.20. The van der Waals surface area contributed by atoms with Crippen LogP contribution in [0, 0.1) is 11.7 Å². The number of rotatable bonds is 4. The number of aromatic nitrogens is 3. The van der Waals surface area contributed by atoms with Gasteiger partial charge < -0.3 is 0 Å². The van der Waals surface area contributed by atoms with Crippen molar-refractivity contribution in [1.82, 2.24) is 14.8 Å². The molecule has 6 nitrogen and oxygen atoms in total. The fourth-order valence-corrected chi connectivity index (χ4v) is 2.49. The summed E-state index contributed by atoms with van der Waals surface area (Å²) in [4.78, 5) is 0. The van der Waals surface area contributed by atoms with Crippen molar-refractivity contribution < 1.29 is 12.8 Å². The second kappa shape index (κ2) is 5.29. The maximum atomic E-state index is 13.8. The summed E-state index contributed by atoms with van der Waals surface area (Å²) in [5.41, 5.74) is 0.190. The van der Waals surface area contributed by atoms with E-state index in [1.54, 1.807) is 12.1 Å². The minimum Gasteiger partial charge on any atom is -0.296 e. The van der Waals surface area contributed by atoms with Crippen LogP contribution in [0.2, 0.25) is 0 Å². The van der Waals surface area contributed by atoms with Crippen molar-refractivity contribution in [3.05, 3.63) is 30.1 Å². The van der Waals surface area contributed by atoms with Gasteiger partial charge in [-0.3, -0.25) is 4.57 Å². The Morgan fingerprint density at radius 3 is 2.50 bits per heavy atom. The van der Waals surface area contributed by atoms with Gasteiger partial charge in [-0.2, -0.15) is 0 Å². The van der Waals surface area contributed by atoms with E-state index in [2.05, 4.69) is 10.2 Å². The molecule has 0 saturated heterocycles. The molecule has 1 aromatic carbocycles. The molecule has 0 saturated carbocycles. The number of hydrogen-bond donors (Lipinski definition) is 1. The van der Waals surface area contributed by atoms with Crippen molar-refractivity contribution in [1.29, 1.82) is 0 Å². The zero-order chi connectivity index (χ0) is 14.9. The summed E-state index contributed by atoms with van der Waals surface area (Å²) in [6.45, 7) is 4.12. The second-order valence-corrected chi connectivity index (χ2v) is 6.29. The van der Waals surface area contributed by atoms with E-state index in [-0.39, 0.29) is 22.5 Å². The number of halogens is 1. The second-order valence-electron chi connectivity index (χ2n) is 4.84. The molecule has 0 aliphatic heterocycles. The van der Waals surface area contributed by atoms with Gasteiger partial charge in [0, 0.05) is 6.54 Å². The number of hydrogen-bond acceptors (Lipinski definition) is 4. The van der Waals surface area contributed by atoms with Gasteiger partial charge in [0.05, 0.1) is 5.56 Å². The van der Waals surface area contributed by atoms with Crippen molar-refractivity contribution in [2.45, 2.75) is 25.5 Å². The average molecular weight is 298 g/mol. The minimum atomic E-state index is -4.01. The molecule has 0 atom stereocenters. The molecule has 1 heterocycles. The zero-order valence-corrected chi connectivity index (χ0v) is 11.9. The van der Waals surface area contributed by atoms with Crippen LogP contribution in [-0.2, 0) is 16.6 Å². The summed E-state index contributed by atoms with van der Waals surface area (Å²) in [5, 5.41) is 12.1. The van der Waals surface area contributed by atoms with Crippen LogP contribution in [0.15, 0.2) is 29.4 Å². The van der Waals surface area contributed by atoms with Crippen LogP contribution < -0.4 is 5.14 Å². The molecule has 2 aromatic rings. The summed E-state index contributed by atoms with van der Waals surface area (Å²) < 4.78 is 38.2. The molecule has 0 amide bonds. The Hall–Kier alpha value is -1.80. The van der Waals surface area contributed by atoms with Crippen LogP contribution >= 0.6 is 0 Å². The number of nitrogens with zero attached hydrogens (tertiary/aromatic N) is 3. The molecule has 0 bridgehead atoms. The topological polar surface area (TPSA) is 90.9 Å². The maximum Gasteiger partial charge on any atom is 0.273 e. The van der Waals surface area contributed by atoms with Gasteiger partial charge in [0.1, 0.15) is 5.82 Å². The normalized spacial score (nSPS) is 12.1. The first-order chi connectivity index (χ1) is 9.30. The molecule has 0 spiro atoms. The van der Waals surface area contributed by atoms with E-state index >= 15 is 0 Å². The van der Waals surface area contributed by atoms with E-state index in [4.69, 9.17) is 5.14 Å². The molecule has 108 valence electrons. The minimum absolute atomic E-state index is 0.122. The highest BCUT2D eigenvalue weighted by Gasteiger charge is 2.23. The number of sulfonamides is 1. The third-order valence-electron chi connectivity index (χ3n) is 2.63. The van der Waals surface area contributed by atoms with Gasteiger partial charge in [0.2, 0.25) is 0 Å². The van der Waals surface area contributed by atoms with Crippen LogP contribution in [0.3, 0.4) is 0 Å². The number of primary sulfonamides is 1. The maximum absolute atomic E-state index is 13.8. The Balaban J connectivity index is 2.66. The third-order valence-corrected chi connectivity index (χ3v) is 3.44. The van der Waals surface area contributed by atoms with Crippen LogP contribution in [0.5, 0.6) is 0 Å². The first-order valence-electron chi connectivity index (χ1n) is 6.01. The molecule has 1 aromatic heterocycles. The lowest BCUT2D eigenvalue weighted by Gasteiger charge is -2.12. The molecular weight excluding hydrogens is 283 g/mol. The predicted molar refractivity (Wildman–Crippen MR) is 71.6 cm³/mol. The quantitative estimate of drug-likeness (QED) is 0.923. The van der Waals surface area contributed by atoms with Crippen molar-refractivity contribution in [2.24, 2.45) is 11.1 Å². The van der Waals surface area contributed by atoms with E-state index in [9.17, 15) is 12.8 Å². The average Bonchev–Trinajstić information content (AvgIpc) is 2.72. The molecule has 20 heavy (non-hydrogen) atoms. The molecule has 0 fully saturated rings. The molecule has 0 aliphatic rings. The largest absolute Gasteiger partial charge is 0.296 e. The Kier molecular flexibility index (Phi) is 3.87. The fourth-order valence-electron chi connectivity index (χ4n) is 1.87. The summed E-state index contributed by atoms with van der Waals surface area (Å²) >= 11 is 0. The van der Waals surface area contributed by atoms with Gasteiger partial charge in [0.25, 0.3) is 15.2 Å². The molecular formula is C12H15FN4O2S. The van der Waals surface area contributed by atoms with Gasteiger partial charge in [-0.25, -0.2) is 17.9 Å². The molecule has 8 heteroatoms. The summed E-state index contributed by atoms with van der Waals surface area (Å²) in [6.07, 6.45) is 0. The summed E-state index contributed by atoms with van der Waals surface area (Å²) in [6, 6.07) is 5.98. The highest BCUT2D eigenvalue weighted by molar-refractivity contribution is 7.89. The van der Waals surface area contributed by atoms with Gasteiger partial charge in [-0.15, -0.1) is 10.2 Å². The standard InChI is InChI=1S/C12H15FN4O2S/c1-8(2)7-17-11(9-5-3-4-6-10(9)13)15-16-12(17)20(14,18)19/h3-6,8H,7H2,1-2H3,(H2,14,18,19). The Morgan fingerprint density at radius 2 is 1.95 bits per heavy atom. The predicted octanol–water partition coefficient (Wildman–Crippen LogP) is 1.39. The SMILES string of the molecule is CC(C)Cn1c(-c2ccccc2F)nnc1S(N)(=O)=O. The van der Waals surface area contributed by atoms with Crippen molar-refractivity contribution >= 4 is 10.0 Å². The monoisotopic (exact) mass is 298 g/mol. The zero-order valence-electron chi connectivity index (χ0n) is 11.1. The molecule has 0 radical (unpaired) electrons. The number of nitrogens with two attached hydrogens (primary N) is 1. The highest BCUT2D eigenvalue weighted by atomic mass is 32.2. The first-order valence-corrected chi connectivity index (χ1v) is 7.56. The van der Waals surface area contributed by atoms with E-state index in [0.717, 1.165) is 0 Å². The van der Waals surface area contributed by atoms with Gasteiger partial charge in [0.15, 0.2) is 5.82 Å². The Bertz CT molecular complexity index is 725. The van der Waals surface area contributed by atoms with E-state index < -0.39 is 15.8 Å². The van der Waals surface area contributed by atoms with Crippen molar-refractivity contribution in [2.75, 3.05) is 0 Å². The molecule has 0 aliphatic carbocycles. The number of benzene rings is 1. The molecule has 0 unspecified atom stereocenters. The van der Waals surface area contributed by atoms with Gasteiger partial charge in [-0.05, 0) is 18.1 Å². The van der Waals surface area contributed by atoms with Crippen molar-refractivity contribution in [3.63, 3.8) is 0 Å². The van der Waals surface area contributed by atoms with Gasteiger partial charge in [-0.1, -0.05) is 26.0 Å². The summed E-state index contributed by atoms with van der Waals surface area (Å²) in [7, 11) is -4.01. The van der Waals surface area contributed by atoms with Crippen LogP contribution in [-0.4, -0.2) is 23.2 Å². The highest BCUT2D eigenvalue weighted by Crippen LogP contribution is 2.23. The smallest absolute Gasteiger partial charge is 0.273 e. The molecule has 2 N–H and O–H groups in total. The third kappa shape index (κ3) is 2.86. The van der Waals surface area contributed by atoms with Crippen molar-refractivity contribution in [3.8, 4) is 11.4 Å². The molecule has 2 rings (SSSR count). The Labute approximate surface area is 116 Å². The van der Waals surface area contributed by atoms with Crippen LogP contribution in [0.25, 0.3) is 11.4 Å². The van der Waals surface area contributed by atoms with E-state index in [0.29, 0.717) is 6.54 Å². The van der Waals surface area contributed by atoms with E-state index in [1.165, 1.54) is 16.7 Å². The van der Waals surface area contributed by atoms with Crippen LogP contribution in [0.4, 0.5) is 4.39 Å². The van der Waals surface area contributed by atoms with E-state index in [1.807, 2.05) is 13.8 Å². The van der Waals surface area contributed by atoms with Crippen LogP contribution in [0.1, 0.15) is 13.8 Å². The lowest BCUT2D eigenvalue weighted by molar-refractivity contribution is 0.485. The summed E-state index contributed by atoms with van der Waals surface area (Å²) in [5.74, 6) is -0.219. The Morgan fingerprint density at radius 1 is 1.30 bits per heavy atom. The van der Waals surface area contributed by atoms with Gasteiger partial charge >= 0.3 is 0 Å². The lowest BCUT2D eigenvalue weighted by atomic mass is 10.2.